The van der Waals surface area contributed by atoms with Crippen molar-refractivity contribution in [3.05, 3.63) is 59.7 Å². The molecule has 0 saturated heterocycles. The summed E-state index contributed by atoms with van der Waals surface area (Å²) >= 11 is 0. The molecule has 130 valence electrons. The number of carbonyl (C=O) groups is 2. The summed E-state index contributed by atoms with van der Waals surface area (Å²) in [6, 6.07) is 14.7. The number of esters is 1. The van der Waals surface area contributed by atoms with Gasteiger partial charge < -0.3 is 14.4 Å². The van der Waals surface area contributed by atoms with E-state index in [2.05, 4.69) is 0 Å². The number of fused-ring (bicyclic) bond motifs is 1. The van der Waals surface area contributed by atoms with Crippen molar-refractivity contribution in [1.29, 1.82) is 0 Å². The molecule has 0 N–H and O–H groups in total. The standard InChI is InChI=1S/C20H21NO4/c1-3-24-18-11-7-5-9-16(18)20(23)25-13-19(22)21-14(2)12-15-8-4-6-10-17(15)21/h4-11,14H,3,12-13H2,1-2H3/t14-/m1/s1. The summed E-state index contributed by atoms with van der Waals surface area (Å²) in [5.74, 6) is -0.320. The van der Waals surface area contributed by atoms with Crippen LogP contribution in [-0.4, -0.2) is 31.1 Å². The van der Waals surface area contributed by atoms with E-state index in [4.69, 9.17) is 9.47 Å². The number of hydrogen-bond donors (Lipinski definition) is 0. The van der Waals surface area contributed by atoms with Crippen LogP contribution < -0.4 is 9.64 Å². The van der Waals surface area contributed by atoms with E-state index in [9.17, 15) is 9.59 Å². The molecule has 0 fully saturated rings. The smallest absolute Gasteiger partial charge is 0.342 e. The maximum atomic E-state index is 12.6. The molecule has 0 radical (unpaired) electrons. The summed E-state index contributed by atoms with van der Waals surface area (Å²) in [4.78, 5) is 26.6. The molecule has 0 spiro atoms. The molecular weight excluding hydrogens is 318 g/mol. The molecule has 2 aromatic rings. The van der Waals surface area contributed by atoms with Gasteiger partial charge in [-0.25, -0.2) is 4.79 Å². The highest BCUT2D eigenvalue weighted by atomic mass is 16.5. The van der Waals surface area contributed by atoms with Crippen LogP contribution in [0.15, 0.2) is 48.5 Å². The molecular formula is C20H21NO4. The van der Waals surface area contributed by atoms with Gasteiger partial charge in [0.1, 0.15) is 11.3 Å². The second-order valence-corrected chi connectivity index (χ2v) is 5.95. The highest BCUT2D eigenvalue weighted by molar-refractivity contribution is 5.99. The molecule has 1 amide bonds. The lowest BCUT2D eigenvalue weighted by molar-refractivity contribution is -0.122. The minimum absolute atomic E-state index is 0.0549. The van der Waals surface area contributed by atoms with E-state index < -0.39 is 5.97 Å². The highest BCUT2D eigenvalue weighted by Gasteiger charge is 2.31. The highest BCUT2D eigenvalue weighted by Crippen LogP contribution is 2.31. The summed E-state index contributed by atoms with van der Waals surface area (Å²) in [6.07, 6.45) is 0.809. The van der Waals surface area contributed by atoms with Gasteiger partial charge in [0.25, 0.3) is 5.91 Å². The van der Waals surface area contributed by atoms with E-state index in [0.29, 0.717) is 17.9 Å². The van der Waals surface area contributed by atoms with Crippen molar-refractivity contribution in [2.45, 2.75) is 26.3 Å². The number of benzene rings is 2. The maximum Gasteiger partial charge on any atom is 0.342 e. The van der Waals surface area contributed by atoms with Crippen LogP contribution in [0, 0.1) is 0 Å². The fraction of sp³-hybridized carbons (Fsp3) is 0.300. The van der Waals surface area contributed by atoms with Gasteiger partial charge >= 0.3 is 5.97 Å². The molecule has 1 aliphatic rings. The van der Waals surface area contributed by atoms with Crippen molar-refractivity contribution in [3.8, 4) is 5.75 Å². The van der Waals surface area contributed by atoms with Gasteiger partial charge in [-0.05, 0) is 44.0 Å². The van der Waals surface area contributed by atoms with Crippen LogP contribution in [0.25, 0.3) is 0 Å². The zero-order chi connectivity index (χ0) is 17.8. The summed E-state index contributed by atoms with van der Waals surface area (Å²) in [5.41, 5.74) is 2.36. The van der Waals surface area contributed by atoms with Crippen molar-refractivity contribution in [3.63, 3.8) is 0 Å². The quantitative estimate of drug-likeness (QED) is 0.785. The van der Waals surface area contributed by atoms with Crippen LogP contribution in [0.4, 0.5) is 5.69 Å². The molecule has 2 aromatic carbocycles. The molecule has 25 heavy (non-hydrogen) atoms. The zero-order valence-corrected chi connectivity index (χ0v) is 14.4. The van der Waals surface area contributed by atoms with Crippen molar-refractivity contribution < 1.29 is 19.1 Å². The molecule has 0 saturated carbocycles. The molecule has 0 aliphatic carbocycles. The first-order valence-electron chi connectivity index (χ1n) is 8.40. The van der Waals surface area contributed by atoms with E-state index in [1.807, 2.05) is 38.1 Å². The maximum absolute atomic E-state index is 12.6. The Bertz CT molecular complexity index is 787. The molecule has 5 nitrogen and oxygen atoms in total. The second-order valence-electron chi connectivity index (χ2n) is 5.95. The Balaban J connectivity index is 1.68. The topological polar surface area (TPSA) is 55.8 Å². The molecule has 0 unspecified atom stereocenters. The summed E-state index contributed by atoms with van der Waals surface area (Å²) in [6.45, 7) is 3.99. The van der Waals surface area contributed by atoms with Gasteiger partial charge in [0, 0.05) is 11.7 Å². The second kappa shape index (κ2) is 7.38. The molecule has 1 heterocycles. The van der Waals surface area contributed by atoms with Gasteiger partial charge in [0.05, 0.1) is 6.61 Å². The predicted octanol–water partition coefficient (Wildman–Crippen LogP) is 3.22. The number of carbonyl (C=O) groups excluding carboxylic acids is 2. The van der Waals surface area contributed by atoms with Gasteiger partial charge in [-0.3, -0.25) is 4.79 Å². The fourth-order valence-electron chi connectivity index (χ4n) is 3.14. The average Bonchev–Trinajstić information content (AvgIpc) is 2.96. The fourth-order valence-corrected chi connectivity index (χ4v) is 3.14. The van der Waals surface area contributed by atoms with Gasteiger partial charge in [-0.15, -0.1) is 0 Å². The van der Waals surface area contributed by atoms with Crippen molar-refractivity contribution in [2.75, 3.05) is 18.1 Å². The number of rotatable bonds is 5. The van der Waals surface area contributed by atoms with E-state index in [1.165, 1.54) is 0 Å². The molecule has 1 aliphatic heterocycles. The first-order valence-corrected chi connectivity index (χ1v) is 8.40. The molecule has 0 bridgehead atoms. The van der Waals surface area contributed by atoms with Crippen molar-refractivity contribution in [2.24, 2.45) is 0 Å². The first-order chi connectivity index (χ1) is 12.1. The molecule has 5 heteroatoms. The Kier molecular flexibility index (Phi) is 5.03. The Morgan fingerprint density at radius 3 is 2.64 bits per heavy atom. The van der Waals surface area contributed by atoms with Gasteiger partial charge in [0.2, 0.25) is 0 Å². The van der Waals surface area contributed by atoms with E-state index in [-0.39, 0.29) is 18.6 Å². The molecule has 1 atom stereocenters. The monoisotopic (exact) mass is 339 g/mol. The van der Waals surface area contributed by atoms with Crippen LogP contribution in [0.2, 0.25) is 0 Å². The number of ether oxygens (including phenoxy) is 2. The number of nitrogens with zero attached hydrogens (tertiary/aromatic N) is 1. The average molecular weight is 339 g/mol. The first kappa shape index (κ1) is 17.0. The molecule has 3 rings (SSSR count). The van der Waals surface area contributed by atoms with Gasteiger partial charge in [-0.2, -0.15) is 0 Å². The van der Waals surface area contributed by atoms with E-state index in [1.54, 1.807) is 29.2 Å². The Hall–Kier alpha value is -2.82. The van der Waals surface area contributed by atoms with Gasteiger partial charge in [0.15, 0.2) is 6.61 Å². The summed E-state index contributed by atoms with van der Waals surface area (Å²) in [7, 11) is 0. The number of anilines is 1. The van der Waals surface area contributed by atoms with Crippen molar-refractivity contribution in [1.82, 2.24) is 0 Å². The third-order valence-electron chi connectivity index (χ3n) is 4.21. The van der Waals surface area contributed by atoms with Crippen LogP contribution in [0.5, 0.6) is 5.75 Å². The van der Waals surface area contributed by atoms with Crippen LogP contribution in [0.3, 0.4) is 0 Å². The SMILES string of the molecule is CCOc1ccccc1C(=O)OCC(=O)N1c2ccccc2C[C@H]1C. The lowest BCUT2D eigenvalue weighted by Crippen LogP contribution is -2.38. The normalized spacial score (nSPS) is 15.6. The zero-order valence-electron chi connectivity index (χ0n) is 14.4. The Morgan fingerprint density at radius 1 is 1.12 bits per heavy atom. The number of para-hydroxylation sites is 2. The largest absolute Gasteiger partial charge is 0.493 e. The lowest BCUT2D eigenvalue weighted by Gasteiger charge is -2.22. The van der Waals surface area contributed by atoms with Gasteiger partial charge in [-0.1, -0.05) is 30.3 Å². The van der Waals surface area contributed by atoms with Crippen LogP contribution in [0.1, 0.15) is 29.8 Å². The summed E-state index contributed by atoms with van der Waals surface area (Å²) in [5, 5.41) is 0. The number of amides is 1. The predicted molar refractivity (Wildman–Crippen MR) is 95.0 cm³/mol. The van der Waals surface area contributed by atoms with E-state index in [0.717, 1.165) is 17.7 Å². The third-order valence-corrected chi connectivity index (χ3v) is 4.21. The minimum Gasteiger partial charge on any atom is -0.493 e. The minimum atomic E-state index is -0.558. The molecule has 0 aromatic heterocycles. The van der Waals surface area contributed by atoms with Crippen LogP contribution >= 0.6 is 0 Å². The van der Waals surface area contributed by atoms with E-state index >= 15 is 0 Å². The lowest BCUT2D eigenvalue weighted by atomic mass is 10.1. The van der Waals surface area contributed by atoms with Crippen molar-refractivity contribution >= 4 is 17.6 Å². The Labute approximate surface area is 147 Å². The summed E-state index contributed by atoms with van der Waals surface area (Å²) < 4.78 is 10.7. The third kappa shape index (κ3) is 3.50. The Morgan fingerprint density at radius 2 is 1.84 bits per heavy atom. The van der Waals surface area contributed by atoms with Crippen LogP contribution in [-0.2, 0) is 16.0 Å². The number of hydrogen-bond acceptors (Lipinski definition) is 4.